The number of hydrogen-bond donors (Lipinski definition) is 0. The summed E-state index contributed by atoms with van der Waals surface area (Å²) >= 11 is 7.29. The summed E-state index contributed by atoms with van der Waals surface area (Å²) in [6.45, 7) is 14.2. The Morgan fingerprint density at radius 2 is 1.58 bits per heavy atom. The average molecular weight is 299 g/mol. The van der Waals surface area contributed by atoms with Crippen molar-refractivity contribution in [2.75, 3.05) is 0 Å². The topological polar surface area (TPSA) is 0 Å². The Morgan fingerprint density at radius 3 is 1.95 bits per heavy atom. The predicted molar refractivity (Wildman–Crippen MR) is 89.3 cm³/mol. The minimum atomic E-state index is -1.80. The first-order valence-electron chi connectivity index (χ1n) is 7.92. The molecule has 0 N–H and O–H groups in total. The summed E-state index contributed by atoms with van der Waals surface area (Å²) in [6.07, 6.45) is 9.13. The van der Waals surface area contributed by atoms with E-state index in [9.17, 15) is 0 Å². The summed E-state index contributed by atoms with van der Waals surface area (Å²) in [4.78, 5) is 0. The molecule has 0 aliphatic heterocycles. The molecule has 3 unspecified atom stereocenters. The molecule has 19 heavy (non-hydrogen) atoms. The van der Waals surface area contributed by atoms with Crippen molar-refractivity contribution in [2.45, 2.75) is 76.9 Å². The third-order valence-corrected chi connectivity index (χ3v) is 15.4. The zero-order valence-corrected chi connectivity index (χ0v) is 15.3. The van der Waals surface area contributed by atoms with Gasteiger partial charge in [0.05, 0.1) is 0 Å². The minimum Gasteiger partial charge on any atom is -0.166 e. The lowest BCUT2D eigenvalue weighted by atomic mass is 9.91. The van der Waals surface area contributed by atoms with Crippen molar-refractivity contribution in [1.29, 1.82) is 0 Å². The van der Waals surface area contributed by atoms with E-state index in [1.165, 1.54) is 25.3 Å². The molecule has 0 saturated heterocycles. The third-order valence-electron chi connectivity index (χ3n) is 5.65. The molecule has 0 radical (unpaired) electrons. The van der Waals surface area contributed by atoms with Gasteiger partial charge in [-0.2, -0.15) is 11.1 Å². The summed E-state index contributed by atoms with van der Waals surface area (Å²) in [5.41, 5.74) is 0. The van der Waals surface area contributed by atoms with E-state index in [1.54, 1.807) is 0 Å². The Morgan fingerprint density at radius 1 is 1.00 bits per heavy atom. The molecule has 110 valence electrons. The van der Waals surface area contributed by atoms with E-state index in [4.69, 9.17) is 11.1 Å². The van der Waals surface area contributed by atoms with Gasteiger partial charge in [-0.1, -0.05) is 60.1 Å². The third kappa shape index (κ3) is 2.83. The lowest BCUT2D eigenvalue weighted by Gasteiger charge is -2.47. The summed E-state index contributed by atoms with van der Waals surface area (Å²) in [6, 6.07) is 1.28. The van der Waals surface area contributed by atoms with Crippen molar-refractivity contribution in [2.24, 2.45) is 17.8 Å². The fourth-order valence-electron chi connectivity index (χ4n) is 4.49. The highest BCUT2D eigenvalue weighted by molar-refractivity contribution is 7.23. The smallest absolute Gasteiger partial charge is 0.166 e. The van der Waals surface area contributed by atoms with Crippen LogP contribution in [0.1, 0.15) is 60.8 Å². The maximum absolute atomic E-state index is 7.29. The van der Waals surface area contributed by atoms with Gasteiger partial charge in [0.2, 0.25) is 0 Å². The quantitative estimate of drug-likeness (QED) is 0.322. The monoisotopic (exact) mass is 298 g/mol. The van der Waals surface area contributed by atoms with E-state index in [2.05, 4.69) is 53.7 Å². The van der Waals surface area contributed by atoms with Gasteiger partial charge in [-0.3, -0.25) is 0 Å². The Hall–Kier alpha value is 0.247. The first kappa shape index (κ1) is 15.6. The van der Waals surface area contributed by atoms with Gasteiger partial charge in [-0.15, -0.1) is 0 Å². The van der Waals surface area contributed by atoms with Crippen LogP contribution < -0.4 is 0 Å². The van der Waals surface area contributed by atoms with Gasteiger partial charge in [0, 0.05) is 0 Å². The molecule has 0 heterocycles. The lowest BCUT2D eigenvalue weighted by molar-refractivity contribution is 0.427. The second-order valence-corrected chi connectivity index (χ2v) is 15.9. The van der Waals surface area contributed by atoms with Crippen LogP contribution in [0, 0.1) is 17.8 Å². The van der Waals surface area contributed by atoms with Crippen LogP contribution in [0.4, 0.5) is 0 Å². The molecule has 0 spiro atoms. The van der Waals surface area contributed by atoms with Crippen molar-refractivity contribution in [3.05, 3.63) is 12.2 Å². The minimum absolute atomic E-state index is 0.278. The van der Waals surface area contributed by atoms with Gasteiger partial charge >= 0.3 is 0 Å². The molecule has 1 saturated carbocycles. The molecule has 0 aromatic carbocycles. The first-order valence-corrected chi connectivity index (χ1v) is 11.1. The van der Waals surface area contributed by atoms with Crippen molar-refractivity contribution in [3.63, 3.8) is 0 Å². The summed E-state index contributed by atoms with van der Waals surface area (Å²) in [5, 5.41) is 0.556. The predicted octanol–water partition coefficient (Wildman–Crippen LogP) is 6.37. The number of fused-ring (bicyclic) bond motifs is 2. The highest BCUT2D eigenvalue weighted by atomic mass is 35.6. The first-order chi connectivity index (χ1) is 8.54. The Kier molecular flexibility index (Phi) is 4.04. The molecule has 0 nitrogen and oxygen atoms in total. The van der Waals surface area contributed by atoms with Crippen molar-refractivity contribution < 1.29 is 0 Å². The summed E-state index contributed by atoms with van der Waals surface area (Å²) in [5.74, 6) is 2.69. The Bertz CT molecular complexity index is 344. The van der Waals surface area contributed by atoms with E-state index >= 15 is 0 Å². The molecule has 2 aliphatic carbocycles. The summed E-state index contributed by atoms with van der Waals surface area (Å²) < 4.78 is 0. The molecule has 0 amide bonds. The van der Waals surface area contributed by atoms with Crippen molar-refractivity contribution in [1.82, 2.24) is 0 Å². The van der Waals surface area contributed by atoms with E-state index < -0.39 is 7.38 Å². The van der Waals surface area contributed by atoms with Crippen LogP contribution in [0.25, 0.3) is 0 Å². The van der Waals surface area contributed by atoms with Crippen LogP contribution in [0.5, 0.6) is 0 Å². The van der Waals surface area contributed by atoms with Crippen LogP contribution in [-0.4, -0.2) is 7.38 Å². The molecule has 0 aromatic rings. The van der Waals surface area contributed by atoms with Crippen LogP contribution in [0.15, 0.2) is 12.2 Å². The maximum Gasteiger partial charge on any atom is 0.167 e. The summed E-state index contributed by atoms with van der Waals surface area (Å²) in [7, 11) is -1.80. The maximum atomic E-state index is 7.29. The number of halogens is 1. The van der Waals surface area contributed by atoms with E-state index in [0.29, 0.717) is 0 Å². The van der Waals surface area contributed by atoms with Gasteiger partial charge in [-0.25, -0.2) is 0 Å². The molecule has 2 rings (SSSR count). The Balaban J connectivity index is 2.04. The molecular weight excluding hydrogens is 268 g/mol. The molecular formula is C17H31ClSi. The number of allylic oxidation sites excluding steroid dienone is 2. The van der Waals surface area contributed by atoms with E-state index in [0.717, 1.165) is 17.8 Å². The molecule has 0 aromatic heterocycles. The van der Waals surface area contributed by atoms with Crippen LogP contribution >= 0.6 is 11.1 Å². The van der Waals surface area contributed by atoms with Gasteiger partial charge in [0.15, 0.2) is 7.38 Å². The van der Waals surface area contributed by atoms with Crippen molar-refractivity contribution in [3.8, 4) is 0 Å². The zero-order valence-electron chi connectivity index (χ0n) is 13.6. The lowest BCUT2D eigenvalue weighted by Crippen LogP contribution is -2.46. The fraction of sp³-hybridized carbons (Fsp3) is 0.882. The second kappa shape index (κ2) is 4.91. The zero-order chi connectivity index (χ0) is 14.5. The molecule has 2 aliphatic rings. The van der Waals surface area contributed by atoms with E-state index in [1.807, 2.05) is 0 Å². The van der Waals surface area contributed by atoms with Gasteiger partial charge in [0.25, 0.3) is 0 Å². The Labute approximate surface area is 125 Å². The molecule has 2 bridgehead atoms. The molecule has 2 heteroatoms. The number of hydrogen-bond acceptors (Lipinski definition) is 0. The largest absolute Gasteiger partial charge is 0.167 e. The highest BCUT2D eigenvalue weighted by Crippen LogP contribution is 2.57. The fourth-order valence-corrected chi connectivity index (χ4v) is 9.33. The highest BCUT2D eigenvalue weighted by Gasteiger charge is 2.52. The van der Waals surface area contributed by atoms with Crippen LogP contribution in [0.3, 0.4) is 0 Å². The standard InChI is InChI=1S/C17H31ClSi/c1-16(2,3)19(18,17(4,5)6)10-9-15-12-13-7-8-14(15)11-13/h7-8,13-15H,9-12H2,1-6H3. The molecule has 1 fully saturated rings. The number of rotatable bonds is 3. The van der Waals surface area contributed by atoms with Gasteiger partial charge < -0.3 is 0 Å². The van der Waals surface area contributed by atoms with Crippen LogP contribution in [-0.2, 0) is 0 Å². The SMILES string of the molecule is CC(C)(C)[Si](Cl)(CCC1CC2C=CC1C2)C(C)(C)C. The van der Waals surface area contributed by atoms with Crippen molar-refractivity contribution >= 4 is 18.5 Å². The van der Waals surface area contributed by atoms with Crippen LogP contribution in [0.2, 0.25) is 16.1 Å². The van der Waals surface area contributed by atoms with Gasteiger partial charge in [0.1, 0.15) is 0 Å². The normalized spacial score (nSPS) is 31.2. The average Bonchev–Trinajstić information content (AvgIpc) is 2.83. The second-order valence-electron chi connectivity index (χ2n) is 8.88. The molecule has 3 atom stereocenters. The van der Waals surface area contributed by atoms with Gasteiger partial charge in [-0.05, 0) is 46.7 Å². The van der Waals surface area contributed by atoms with E-state index in [-0.39, 0.29) is 10.1 Å².